The molecule has 6 nitrogen and oxygen atoms in total. The predicted molar refractivity (Wildman–Crippen MR) is 109 cm³/mol. The van der Waals surface area contributed by atoms with Crippen LogP contribution in [0.3, 0.4) is 0 Å². The number of urea groups is 1. The molecule has 0 aliphatic heterocycles. The van der Waals surface area contributed by atoms with Crippen molar-refractivity contribution in [1.82, 2.24) is 15.6 Å². The fourth-order valence-electron chi connectivity index (χ4n) is 3.24. The van der Waals surface area contributed by atoms with Gasteiger partial charge in [-0.2, -0.15) is 0 Å². The predicted octanol–water partition coefficient (Wildman–Crippen LogP) is 3.94. The second kappa shape index (κ2) is 9.50. The molecule has 0 bridgehead atoms. The highest BCUT2D eigenvalue weighted by Crippen LogP contribution is 2.25. The molecule has 3 amide bonds. The average Bonchev–Trinajstić information content (AvgIpc) is 3.11. The lowest BCUT2D eigenvalue weighted by atomic mass is 9.96. The van der Waals surface area contributed by atoms with Crippen LogP contribution in [0.1, 0.15) is 44.7 Å². The Labute approximate surface area is 163 Å². The number of nitrogens with one attached hydrogen (secondary N) is 3. The van der Waals surface area contributed by atoms with Crippen LogP contribution in [-0.4, -0.2) is 29.5 Å². The molecule has 0 spiro atoms. The van der Waals surface area contributed by atoms with E-state index in [9.17, 15) is 9.59 Å². The minimum Gasteiger partial charge on any atom is -0.338 e. The molecule has 0 radical (unpaired) electrons. The highest BCUT2D eigenvalue weighted by Gasteiger charge is 2.15. The van der Waals surface area contributed by atoms with E-state index in [1.54, 1.807) is 11.3 Å². The topological polar surface area (TPSA) is 83.1 Å². The van der Waals surface area contributed by atoms with Crippen molar-refractivity contribution in [2.24, 2.45) is 0 Å². The number of amides is 3. The standard InChI is InChI=1S/C20H26N4O2S/c1-14(25)22-17-9-7-15(8-10-17)19-23-18(13-27-19)11-12-21-20(26)24-16-5-3-2-4-6-16/h7-10,13,16H,2-6,11-12H2,1H3,(H,22,25)(H2,21,24,26). The van der Waals surface area contributed by atoms with E-state index in [2.05, 4.69) is 20.9 Å². The lowest BCUT2D eigenvalue weighted by Crippen LogP contribution is -2.43. The van der Waals surface area contributed by atoms with Gasteiger partial charge in [0.25, 0.3) is 0 Å². The minimum atomic E-state index is -0.0840. The number of thiazole rings is 1. The summed E-state index contributed by atoms with van der Waals surface area (Å²) in [6.07, 6.45) is 6.57. The van der Waals surface area contributed by atoms with E-state index in [1.807, 2.05) is 29.6 Å². The molecule has 1 saturated carbocycles. The van der Waals surface area contributed by atoms with E-state index >= 15 is 0 Å². The molecule has 27 heavy (non-hydrogen) atoms. The number of carbonyl (C=O) groups is 2. The normalized spacial score (nSPS) is 14.6. The van der Waals surface area contributed by atoms with Crippen molar-refractivity contribution in [3.8, 4) is 10.6 Å². The Kier molecular flexibility index (Phi) is 6.81. The highest BCUT2D eigenvalue weighted by atomic mass is 32.1. The van der Waals surface area contributed by atoms with Crippen LogP contribution in [0, 0.1) is 0 Å². The van der Waals surface area contributed by atoms with Crippen molar-refractivity contribution >= 4 is 29.0 Å². The molecule has 7 heteroatoms. The van der Waals surface area contributed by atoms with Crippen molar-refractivity contribution in [3.63, 3.8) is 0 Å². The summed E-state index contributed by atoms with van der Waals surface area (Å²) in [6.45, 7) is 2.06. The number of hydrogen-bond donors (Lipinski definition) is 3. The first kappa shape index (κ1) is 19.4. The lowest BCUT2D eigenvalue weighted by molar-refractivity contribution is -0.114. The smallest absolute Gasteiger partial charge is 0.315 e. The number of anilines is 1. The average molecular weight is 387 g/mol. The number of rotatable bonds is 6. The first-order valence-electron chi connectivity index (χ1n) is 9.47. The molecule has 144 valence electrons. The molecule has 1 aromatic carbocycles. The van der Waals surface area contributed by atoms with Crippen LogP contribution >= 0.6 is 11.3 Å². The van der Waals surface area contributed by atoms with Crippen molar-refractivity contribution in [2.75, 3.05) is 11.9 Å². The van der Waals surface area contributed by atoms with E-state index in [-0.39, 0.29) is 11.9 Å². The second-order valence-corrected chi connectivity index (χ2v) is 7.75. The SMILES string of the molecule is CC(=O)Nc1ccc(-c2nc(CCNC(=O)NC3CCCCC3)cs2)cc1. The zero-order valence-corrected chi connectivity index (χ0v) is 16.4. The van der Waals surface area contributed by atoms with Crippen molar-refractivity contribution in [3.05, 3.63) is 35.3 Å². The monoisotopic (exact) mass is 386 g/mol. The molecule has 1 heterocycles. The van der Waals surface area contributed by atoms with Gasteiger partial charge < -0.3 is 16.0 Å². The van der Waals surface area contributed by atoms with Gasteiger partial charge in [0.15, 0.2) is 0 Å². The third-order valence-electron chi connectivity index (χ3n) is 4.61. The van der Waals surface area contributed by atoms with Crippen LogP contribution < -0.4 is 16.0 Å². The van der Waals surface area contributed by atoms with Gasteiger partial charge in [0, 0.05) is 42.6 Å². The van der Waals surface area contributed by atoms with E-state index in [0.29, 0.717) is 19.0 Å². The summed E-state index contributed by atoms with van der Waals surface area (Å²) in [6, 6.07) is 7.88. The van der Waals surface area contributed by atoms with Crippen LogP contribution in [0.2, 0.25) is 0 Å². The summed E-state index contributed by atoms with van der Waals surface area (Å²) in [4.78, 5) is 27.7. The van der Waals surface area contributed by atoms with Crippen molar-refractivity contribution in [2.45, 2.75) is 51.5 Å². The maximum Gasteiger partial charge on any atom is 0.315 e. The van der Waals surface area contributed by atoms with Gasteiger partial charge in [-0.05, 0) is 37.1 Å². The molecule has 0 unspecified atom stereocenters. The Morgan fingerprint density at radius 1 is 1.15 bits per heavy atom. The fourth-order valence-corrected chi connectivity index (χ4v) is 4.10. The Balaban J connectivity index is 1.45. The Morgan fingerprint density at radius 2 is 1.89 bits per heavy atom. The van der Waals surface area contributed by atoms with Crippen LogP contribution in [0.4, 0.5) is 10.5 Å². The van der Waals surface area contributed by atoms with Crippen LogP contribution in [0.15, 0.2) is 29.6 Å². The summed E-state index contributed by atoms with van der Waals surface area (Å²) in [7, 11) is 0. The summed E-state index contributed by atoms with van der Waals surface area (Å²) < 4.78 is 0. The van der Waals surface area contributed by atoms with Crippen LogP contribution in [0.25, 0.3) is 10.6 Å². The molecule has 1 fully saturated rings. The van der Waals surface area contributed by atoms with Gasteiger partial charge in [-0.1, -0.05) is 19.3 Å². The Hall–Kier alpha value is -2.41. The molecular weight excluding hydrogens is 360 g/mol. The van der Waals surface area contributed by atoms with Gasteiger partial charge >= 0.3 is 6.03 Å². The zero-order valence-electron chi connectivity index (χ0n) is 15.6. The molecule has 1 aliphatic carbocycles. The number of aromatic nitrogens is 1. The van der Waals surface area contributed by atoms with Crippen LogP contribution in [-0.2, 0) is 11.2 Å². The highest BCUT2D eigenvalue weighted by molar-refractivity contribution is 7.13. The minimum absolute atomic E-state index is 0.0779. The molecule has 0 atom stereocenters. The van der Waals surface area contributed by atoms with Gasteiger partial charge in [-0.15, -0.1) is 11.3 Å². The number of benzene rings is 1. The molecule has 3 rings (SSSR count). The summed E-state index contributed by atoms with van der Waals surface area (Å²) >= 11 is 1.58. The number of nitrogens with zero attached hydrogens (tertiary/aromatic N) is 1. The lowest BCUT2D eigenvalue weighted by Gasteiger charge is -2.22. The summed E-state index contributed by atoms with van der Waals surface area (Å²) in [5.41, 5.74) is 2.76. The number of hydrogen-bond acceptors (Lipinski definition) is 4. The molecule has 2 aromatic rings. The molecule has 1 aromatic heterocycles. The summed E-state index contributed by atoms with van der Waals surface area (Å²) in [5.74, 6) is -0.0840. The van der Waals surface area contributed by atoms with E-state index in [0.717, 1.165) is 34.8 Å². The molecule has 3 N–H and O–H groups in total. The van der Waals surface area contributed by atoms with Gasteiger partial charge in [-0.3, -0.25) is 4.79 Å². The maximum absolute atomic E-state index is 12.0. The maximum atomic E-state index is 12.0. The van der Waals surface area contributed by atoms with E-state index in [1.165, 1.54) is 26.2 Å². The Bertz CT molecular complexity index is 767. The van der Waals surface area contributed by atoms with E-state index < -0.39 is 0 Å². The molecule has 0 saturated heterocycles. The van der Waals surface area contributed by atoms with E-state index in [4.69, 9.17) is 0 Å². The third-order valence-corrected chi connectivity index (χ3v) is 5.55. The number of carbonyl (C=O) groups excluding carboxylic acids is 2. The molecule has 1 aliphatic rings. The van der Waals surface area contributed by atoms with Gasteiger partial charge in [-0.25, -0.2) is 9.78 Å². The quantitative estimate of drug-likeness (QED) is 0.703. The fraction of sp³-hybridized carbons (Fsp3) is 0.450. The third kappa shape index (κ3) is 6.06. The largest absolute Gasteiger partial charge is 0.338 e. The van der Waals surface area contributed by atoms with Crippen LogP contribution in [0.5, 0.6) is 0 Å². The Morgan fingerprint density at radius 3 is 2.59 bits per heavy atom. The van der Waals surface area contributed by atoms with Gasteiger partial charge in [0.2, 0.25) is 5.91 Å². The first-order valence-corrected chi connectivity index (χ1v) is 10.3. The second-order valence-electron chi connectivity index (χ2n) is 6.89. The van der Waals surface area contributed by atoms with Gasteiger partial charge in [0.1, 0.15) is 5.01 Å². The van der Waals surface area contributed by atoms with Crippen molar-refractivity contribution in [1.29, 1.82) is 0 Å². The molecular formula is C20H26N4O2S. The first-order chi connectivity index (χ1) is 13.1. The van der Waals surface area contributed by atoms with Gasteiger partial charge in [0.05, 0.1) is 5.69 Å². The zero-order chi connectivity index (χ0) is 19.1. The summed E-state index contributed by atoms with van der Waals surface area (Å²) in [5, 5.41) is 11.7. The van der Waals surface area contributed by atoms with Crippen molar-refractivity contribution < 1.29 is 9.59 Å².